The molecule has 1 aliphatic rings. The second-order valence-electron chi connectivity index (χ2n) is 5.54. The molecule has 0 unspecified atom stereocenters. The van der Waals surface area contributed by atoms with Crippen LogP contribution in [0.5, 0.6) is 0 Å². The van der Waals surface area contributed by atoms with Gasteiger partial charge in [0.1, 0.15) is 10.7 Å². The van der Waals surface area contributed by atoms with Crippen molar-refractivity contribution in [2.75, 3.05) is 38.1 Å². The highest BCUT2D eigenvalue weighted by molar-refractivity contribution is 7.14. The van der Waals surface area contributed by atoms with Gasteiger partial charge in [-0.2, -0.15) is 0 Å². The van der Waals surface area contributed by atoms with Crippen LogP contribution in [0.2, 0.25) is 0 Å². The number of hydrogen-bond donors (Lipinski definition) is 0. The van der Waals surface area contributed by atoms with Gasteiger partial charge in [-0.1, -0.05) is 6.07 Å². The third kappa shape index (κ3) is 2.99. The molecule has 1 fully saturated rings. The molecular formula is C16H17N5S2. The minimum absolute atomic E-state index is 0.809. The summed E-state index contributed by atoms with van der Waals surface area (Å²) in [6.07, 6.45) is 3.78. The van der Waals surface area contributed by atoms with E-state index in [9.17, 15) is 0 Å². The van der Waals surface area contributed by atoms with Gasteiger partial charge in [0.2, 0.25) is 5.95 Å². The maximum atomic E-state index is 4.87. The monoisotopic (exact) mass is 343 g/mol. The average Bonchev–Trinajstić information content (AvgIpc) is 3.29. The van der Waals surface area contributed by atoms with E-state index < -0.39 is 0 Å². The van der Waals surface area contributed by atoms with E-state index in [4.69, 9.17) is 4.98 Å². The first-order valence-electron chi connectivity index (χ1n) is 7.55. The molecular weight excluding hydrogens is 326 g/mol. The highest BCUT2D eigenvalue weighted by atomic mass is 32.1. The Kier molecular flexibility index (Phi) is 4.07. The first-order valence-corrected chi connectivity index (χ1v) is 9.31. The Labute approximate surface area is 143 Å². The zero-order valence-electron chi connectivity index (χ0n) is 12.8. The average molecular weight is 343 g/mol. The summed E-state index contributed by atoms with van der Waals surface area (Å²) >= 11 is 3.33. The maximum Gasteiger partial charge on any atom is 0.226 e. The predicted molar refractivity (Wildman–Crippen MR) is 96.2 cm³/mol. The van der Waals surface area contributed by atoms with E-state index >= 15 is 0 Å². The van der Waals surface area contributed by atoms with Crippen LogP contribution >= 0.6 is 22.7 Å². The minimum atomic E-state index is 0.809. The molecule has 0 aliphatic carbocycles. The number of rotatable bonds is 3. The third-order valence-electron chi connectivity index (χ3n) is 3.98. The van der Waals surface area contributed by atoms with Crippen LogP contribution in [0.4, 0.5) is 5.95 Å². The van der Waals surface area contributed by atoms with Crippen molar-refractivity contribution in [1.29, 1.82) is 0 Å². The molecule has 3 aromatic heterocycles. The topological polar surface area (TPSA) is 45.2 Å². The van der Waals surface area contributed by atoms with Crippen molar-refractivity contribution in [2.24, 2.45) is 0 Å². The molecule has 118 valence electrons. The number of hydrogen-bond acceptors (Lipinski definition) is 7. The molecule has 0 amide bonds. The van der Waals surface area contributed by atoms with Gasteiger partial charge in [-0.05, 0) is 18.5 Å². The predicted octanol–water partition coefficient (Wildman–Crippen LogP) is 3.08. The van der Waals surface area contributed by atoms with Crippen LogP contribution in [0.15, 0.2) is 35.3 Å². The van der Waals surface area contributed by atoms with E-state index in [0.29, 0.717) is 0 Å². The number of likely N-dealkylation sites (N-methyl/N-ethyl adjacent to an activating group) is 1. The number of piperazine rings is 1. The number of thiazole rings is 1. The summed E-state index contributed by atoms with van der Waals surface area (Å²) in [5.74, 6) is 0.809. The molecule has 3 aromatic rings. The van der Waals surface area contributed by atoms with Crippen LogP contribution in [-0.4, -0.2) is 53.1 Å². The van der Waals surface area contributed by atoms with E-state index in [-0.39, 0.29) is 0 Å². The second kappa shape index (κ2) is 6.35. The summed E-state index contributed by atoms with van der Waals surface area (Å²) in [4.78, 5) is 19.7. The lowest BCUT2D eigenvalue weighted by Crippen LogP contribution is -2.45. The number of anilines is 1. The smallest absolute Gasteiger partial charge is 0.226 e. The van der Waals surface area contributed by atoms with Crippen LogP contribution in [0.1, 0.15) is 0 Å². The summed E-state index contributed by atoms with van der Waals surface area (Å²) in [7, 11) is 2.15. The zero-order chi connectivity index (χ0) is 15.6. The minimum Gasteiger partial charge on any atom is -0.338 e. The highest BCUT2D eigenvalue weighted by Gasteiger charge is 2.20. The first kappa shape index (κ1) is 14.7. The van der Waals surface area contributed by atoms with Gasteiger partial charge in [-0.3, -0.25) is 0 Å². The fraction of sp³-hybridized carbons (Fsp3) is 0.312. The molecule has 23 heavy (non-hydrogen) atoms. The number of thiophene rings is 1. The lowest BCUT2D eigenvalue weighted by molar-refractivity contribution is 0.311. The van der Waals surface area contributed by atoms with Crippen LogP contribution in [0.25, 0.3) is 21.1 Å². The van der Waals surface area contributed by atoms with Gasteiger partial charge in [-0.15, -0.1) is 22.7 Å². The lowest BCUT2D eigenvalue weighted by Gasteiger charge is -2.32. The summed E-state index contributed by atoms with van der Waals surface area (Å²) in [6.45, 7) is 4.02. The van der Waals surface area contributed by atoms with Gasteiger partial charge in [0.25, 0.3) is 0 Å². The standard InChI is InChI=1S/C16H17N5S2/c1-20-5-7-21(8-6-20)16-18-11-12(13-3-2-9-22-13)14(19-16)15-17-4-10-23-15/h2-4,9-11H,5-8H2,1H3. The molecule has 0 atom stereocenters. The molecule has 4 heterocycles. The summed E-state index contributed by atoms with van der Waals surface area (Å²) in [6, 6.07) is 4.16. The van der Waals surface area contributed by atoms with Crippen molar-refractivity contribution >= 4 is 28.6 Å². The SMILES string of the molecule is CN1CCN(c2ncc(-c3cccs3)c(-c3nccs3)n2)CC1. The second-order valence-corrected chi connectivity index (χ2v) is 7.38. The summed E-state index contributed by atoms with van der Waals surface area (Å²) in [5.41, 5.74) is 2.00. The fourth-order valence-electron chi connectivity index (χ4n) is 2.65. The Morgan fingerprint density at radius 3 is 2.61 bits per heavy atom. The van der Waals surface area contributed by atoms with Crippen molar-refractivity contribution in [2.45, 2.75) is 0 Å². The van der Waals surface area contributed by atoms with Crippen molar-refractivity contribution in [3.8, 4) is 21.1 Å². The van der Waals surface area contributed by atoms with E-state index in [2.05, 4.69) is 44.3 Å². The number of aromatic nitrogens is 3. The molecule has 1 aliphatic heterocycles. The number of nitrogens with zero attached hydrogens (tertiary/aromatic N) is 5. The Bertz CT molecular complexity index is 762. The van der Waals surface area contributed by atoms with E-state index in [1.807, 2.05) is 17.8 Å². The van der Waals surface area contributed by atoms with Crippen LogP contribution in [-0.2, 0) is 0 Å². The molecule has 0 aromatic carbocycles. The Hall–Kier alpha value is -1.83. The summed E-state index contributed by atoms with van der Waals surface area (Å²) < 4.78 is 0. The Balaban J connectivity index is 1.75. The van der Waals surface area contributed by atoms with Gasteiger partial charge < -0.3 is 9.80 Å². The fourth-order valence-corrected chi connectivity index (χ4v) is 4.02. The first-order chi connectivity index (χ1) is 11.3. The zero-order valence-corrected chi connectivity index (χ0v) is 14.5. The molecule has 0 saturated carbocycles. The molecule has 7 heteroatoms. The quantitative estimate of drug-likeness (QED) is 0.731. The van der Waals surface area contributed by atoms with Crippen molar-refractivity contribution < 1.29 is 0 Å². The molecule has 1 saturated heterocycles. The Morgan fingerprint density at radius 2 is 1.91 bits per heavy atom. The van der Waals surface area contributed by atoms with Gasteiger partial charge in [0.15, 0.2) is 0 Å². The molecule has 5 nitrogen and oxygen atoms in total. The maximum absolute atomic E-state index is 4.87. The molecule has 0 N–H and O–H groups in total. The van der Waals surface area contributed by atoms with Gasteiger partial charge in [-0.25, -0.2) is 15.0 Å². The van der Waals surface area contributed by atoms with Gasteiger partial charge >= 0.3 is 0 Å². The largest absolute Gasteiger partial charge is 0.338 e. The highest BCUT2D eigenvalue weighted by Crippen LogP contribution is 2.34. The summed E-state index contributed by atoms with van der Waals surface area (Å²) in [5, 5.41) is 5.02. The van der Waals surface area contributed by atoms with E-state index in [1.54, 1.807) is 22.7 Å². The van der Waals surface area contributed by atoms with Crippen LogP contribution in [0.3, 0.4) is 0 Å². The van der Waals surface area contributed by atoms with Crippen molar-refractivity contribution in [1.82, 2.24) is 19.9 Å². The molecule has 4 rings (SSSR count). The van der Waals surface area contributed by atoms with Gasteiger partial charge in [0.05, 0.1) is 0 Å². The normalized spacial score (nSPS) is 16.0. The Morgan fingerprint density at radius 1 is 1.04 bits per heavy atom. The van der Waals surface area contributed by atoms with Crippen molar-refractivity contribution in [3.05, 3.63) is 35.3 Å². The van der Waals surface area contributed by atoms with E-state index in [1.165, 1.54) is 4.88 Å². The molecule has 0 bridgehead atoms. The lowest BCUT2D eigenvalue weighted by atomic mass is 10.2. The molecule has 0 spiro atoms. The van der Waals surface area contributed by atoms with E-state index in [0.717, 1.165) is 48.4 Å². The third-order valence-corrected chi connectivity index (χ3v) is 5.67. The van der Waals surface area contributed by atoms with Crippen molar-refractivity contribution in [3.63, 3.8) is 0 Å². The van der Waals surface area contributed by atoms with Crippen LogP contribution in [0, 0.1) is 0 Å². The van der Waals surface area contributed by atoms with Gasteiger partial charge in [0, 0.05) is 54.4 Å². The molecule has 0 radical (unpaired) electrons. The van der Waals surface area contributed by atoms with Crippen LogP contribution < -0.4 is 4.90 Å².